The van der Waals surface area contributed by atoms with Gasteiger partial charge in [0.2, 0.25) is 0 Å². The SMILES string of the molecule is Cc1cn(S(=O)(=O)c2c(-c3ccccc3)n(C)c3ccccc23)cc1C#N. The van der Waals surface area contributed by atoms with Crippen LogP contribution in [0.25, 0.3) is 22.2 Å². The molecule has 0 saturated carbocycles. The number of hydrogen-bond acceptors (Lipinski definition) is 3. The second-order valence-corrected chi connectivity index (χ2v) is 8.20. The summed E-state index contributed by atoms with van der Waals surface area (Å²) in [6.07, 6.45) is 2.87. The lowest BCUT2D eigenvalue weighted by molar-refractivity contribution is 0.588. The third kappa shape index (κ3) is 2.56. The van der Waals surface area contributed by atoms with Crippen LogP contribution >= 0.6 is 0 Å². The Kier molecular flexibility index (Phi) is 3.90. The van der Waals surface area contributed by atoms with Gasteiger partial charge >= 0.3 is 0 Å². The van der Waals surface area contributed by atoms with Gasteiger partial charge in [-0.25, -0.2) is 12.4 Å². The van der Waals surface area contributed by atoms with Crippen molar-refractivity contribution in [2.24, 2.45) is 7.05 Å². The smallest absolute Gasteiger partial charge is 0.270 e. The van der Waals surface area contributed by atoms with Crippen LogP contribution in [0.2, 0.25) is 0 Å². The number of nitriles is 1. The average molecular weight is 375 g/mol. The van der Waals surface area contributed by atoms with E-state index in [-0.39, 0.29) is 4.90 Å². The summed E-state index contributed by atoms with van der Waals surface area (Å²) in [5.74, 6) is 0. The van der Waals surface area contributed by atoms with Gasteiger partial charge in [0, 0.05) is 30.3 Å². The molecule has 0 amide bonds. The zero-order valence-corrected chi connectivity index (χ0v) is 15.7. The predicted molar refractivity (Wildman–Crippen MR) is 105 cm³/mol. The third-order valence-electron chi connectivity index (χ3n) is 4.77. The highest BCUT2D eigenvalue weighted by molar-refractivity contribution is 7.90. The molecule has 0 radical (unpaired) electrons. The van der Waals surface area contributed by atoms with E-state index in [1.807, 2.05) is 72.3 Å². The average Bonchev–Trinajstić information content (AvgIpc) is 3.21. The zero-order chi connectivity index (χ0) is 19.2. The van der Waals surface area contributed by atoms with Crippen LogP contribution in [0.4, 0.5) is 0 Å². The van der Waals surface area contributed by atoms with Crippen molar-refractivity contribution in [3.05, 3.63) is 78.1 Å². The first kappa shape index (κ1) is 17.1. The van der Waals surface area contributed by atoms with Crippen molar-refractivity contribution >= 4 is 20.9 Å². The minimum atomic E-state index is -3.89. The van der Waals surface area contributed by atoms with Gasteiger partial charge < -0.3 is 4.57 Å². The summed E-state index contributed by atoms with van der Waals surface area (Å²) in [6.45, 7) is 1.73. The normalized spacial score (nSPS) is 11.6. The Morgan fingerprint density at radius 1 is 0.963 bits per heavy atom. The zero-order valence-electron chi connectivity index (χ0n) is 14.9. The van der Waals surface area contributed by atoms with Gasteiger partial charge in [-0.05, 0) is 24.1 Å². The summed E-state index contributed by atoms with van der Waals surface area (Å²) in [7, 11) is -2.02. The van der Waals surface area contributed by atoms with Crippen LogP contribution in [0.5, 0.6) is 0 Å². The van der Waals surface area contributed by atoms with Gasteiger partial charge in [-0.1, -0.05) is 48.5 Å². The predicted octanol–water partition coefficient (Wildman–Crippen LogP) is 4.06. The number of para-hydroxylation sites is 1. The Morgan fingerprint density at radius 2 is 1.63 bits per heavy atom. The minimum absolute atomic E-state index is 0.242. The molecule has 0 saturated heterocycles. The van der Waals surface area contributed by atoms with E-state index < -0.39 is 10.0 Å². The number of rotatable bonds is 3. The summed E-state index contributed by atoms with van der Waals surface area (Å²) >= 11 is 0. The van der Waals surface area contributed by atoms with Crippen molar-refractivity contribution in [1.82, 2.24) is 8.54 Å². The molecule has 0 aliphatic carbocycles. The second-order valence-electron chi connectivity index (χ2n) is 6.42. The van der Waals surface area contributed by atoms with E-state index in [9.17, 15) is 13.7 Å². The largest absolute Gasteiger partial charge is 0.342 e. The summed E-state index contributed by atoms with van der Waals surface area (Å²) in [6, 6.07) is 18.9. The lowest BCUT2D eigenvalue weighted by Crippen LogP contribution is -2.12. The first-order chi connectivity index (χ1) is 12.9. The van der Waals surface area contributed by atoms with Gasteiger partial charge in [0.1, 0.15) is 11.0 Å². The van der Waals surface area contributed by atoms with E-state index in [4.69, 9.17) is 0 Å². The Morgan fingerprint density at radius 3 is 2.30 bits per heavy atom. The van der Waals surface area contributed by atoms with Crippen LogP contribution in [-0.4, -0.2) is 17.0 Å². The molecule has 0 aliphatic rings. The van der Waals surface area contributed by atoms with E-state index in [0.717, 1.165) is 15.1 Å². The highest BCUT2D eigenvalue weighted by Gasteiger charge is 2.29. The fraction of sp³-hybridized carbons (Fsp3) is 0.0952. The maximum absolute atomic E-state index is 13.6. The maximum atomic E-state index is 13.6. The standard InChI is InChI=1S/C21H17N3O2S/c1-15-13-24(14-17(15)12-22)27(25,26)21-18-10-6-7-11-19(18)23(2)20(21)16-8-4-3-5-9-16/h3-11,13-14H,1-2H3. The topological polar surface area (TPSA) is 67.8 Å². The van der Waals surface area contributed by atoms with Gasteiger partial charge in [0.05, 0.1) is 11.3 Å². The van der Waals surface area contributed by atoms with Gasteiger partial charge in [-0.2, -0.15) is 5.26 Å². The second kappa shape index (κ2) is 6.15. The van der Waals surface area contributed by atoms with Crippen LogP contribution in [0, 0.1) is 18.3 Å². The fourth-order valence-corrected chi connectivity index (χ4v) is 5.13. The van der Waals surface area contributed by atoms with E-state index >= 15 is 0 Å². The molecule has 2 aromatic heterocycles. The van der Waals surface area contributed by atoms with E-state index in [0.29, 0.717) is 22.2 Å². The van der Waals surface area contributed by atoms with Crippen LogP contribution in [0.15, 0.2) is 71.9 Å². The molecule has 6 heteroatoms. The fourth-order valence-electron chi connectivity index (χ4n) is 3.43. The molecule has 0 N–H and O–H groups in total. The van der Waals surface area contributed by atoms with Crippen LogP contribution in [0.3, 0.4) is 0 Å². The van der Waals surface area contributed by atoms with Gasteiger partial charge in [-0.15, -0.1) is 0 Å². The molecular weight excluding hydrogens is 358 g/mol. The molecule has 0 spiro atoms. The molecule has 0 atom stereocenters. The number of aryl methyl sites for hydroxylation is 2. The molecular formula is C21H17N3O2S. The van der Waals surface area contributed by atoms with E-state index in [1.54, 1.807) is 6.92 Å². The number of nitrogens with zero attached hydrogens (tertiary/aromatic N) is 3. The van der Waals surface area contributed by atoms with Gasteiger partial charge in [0.15, 0.2) is 0 Å². The van der Waals surface area contributed by atoms with Crippen molar-refractivity contribution in [2.45, 2.75) is 11.8 Å². The quantitative estimate of drug-likeness (QED) is 0.542. The minimum Gasteiger partial charge on any atom is -0.342 e. The molecule has 0 bridgehead atoms. The Hall–Kier alpha value is -3.30. The van der Waals surface area contributed by atoms with Crippen LogP contribution in [0.1, 0.15) is 11.1 Å². The number of benzene rings is 2. The molecule has 2 aromatic carbocycles. The molecule has 0 fully saturated rings. The highest BCUT2D eigenvalue weighted by atomic mass is 32.2. The highest BCUT2D eigenvalue weighted by Crippen LogP contribution is 2.37. The Balaban J connectivity index is 2.11. The Bertz CT molecular complexity index is 1310. The third-order valence-corrected chi connectivity index (χ3v) is 6.46. The lowest BCUT2D eigenvalue weighted by Gasteiger charge is -2.10. The van der Waals surface area contributed by atoms with Gasteiger partial charge in [-0.3, -0.25) is 0 Å². The van der Waals surface area contributed by atoms with E-state index in [2.05, 4.69) is 0 Å². The van der Waals surface area contributed by atoms with Crippen molar-refractivity contribution in [3.8, 4) is 17.3 Å². The van der Waals surface area contributed by atoms with Gasteiger partial charge in [0.25, 0.3) is 10.0 Å². The number of fused-ring (bicyclic) bond motifs is 1. The van der Waals surface area contributed by atoms with Crippen molar-refractivity contribution in [2.75, 3.05) is 0 Å². The van der Waals surface area contributed by atoms with Crippen molar-refractivity contribution in [1.29, 1.82) is 5.26 Å². The summed E-state index contributed by atoms with van der Waals surface area (Å²) in [4.78, 5) is 0.242. The molecule has 0 aliphatic heterocycles. The van der Waals surface area contributed by atoms with Crippen molar-refractivity contribution < 1.29 is 8.42 Å². The summed E-state index contributed by atoms with van der Waals surface area (Å²) in [5.41, 5.74) is 3.25. The molecule has 134 valence electrons. The van der Waals surface area contributed by atoms with Crippen LogP contribution < -0.4 is 0 Å². The number of hydrogen-bond donors (Lipinski definition) is 0. The molecule has 4 aromatic rings. The van der Waals surface area contributed by atoms with E-state index in [1.165, 1.54) is 12.4 Å². The molecule has 5 nitrogen and oxygen atoms in total. The molecule has 0 unspecified atom stereocenters. The molecule has 4 rings (SSSR count). The first-order valence-corrected chi connectivity index (χ1v) is 9.86. The van der Waals surface area contributed by atoms with Crippen molar-refractivity contribution in [3.63, 3.8) is 0 Å². The lowest BCUT2D eigenvalue weighted by atomic mass is 10.1. The molecule has 2 heterocycles. The Labute approximate surface area is 157 Å². The summed E-state index contributed by atoms with van der Waals surface area (Å²) < 4.78 is 30.2. The number of aromatic nitrogens is 2. The summed E-state index contributed by atoms with van der Waals surface area (Å²) in [5, 5.41) is 9.87. The monoisotopic (exact) mass is 375 g/mol. The maximum Gasteiger partial charge on any atom is 0.270 e. The van der Waals surface area contributed by atoms with Crippen LogP contribution in [-0.2, 0) is 17.1 Å². The molecule has 27 heavy (non-hydrogen) atoms. The first-order valence-electron chi connectivity index (χ1n) is 8.42.